The van der Waals surface area contributed by atoms with E-state index >= 15 is 0 Å². The van der Waals surface area contributed by atoms with Crippen molar-refractivity contribution in [2.75, 3.05) is 32.0 Å². The highest BCUT2D eigenvalue weighted by atomic mass is 32.2. The van der Waals surface area contributed by atoms with E-state index in [0.717, 1.165) is 11.8 Å². The molecule has 5 rings (SSSR count). The van der Waals surface area contributed by atoms with Gasteiger partial charge in [0.25, 0.3) is 0 Å². The lowest BCUT2D eigenvalue weighted by Crippen LogP contribution is -2.64. The minimum absolute atomic E-state index is 0.0649. The number of nitrogens with zero attached hydrogens (tertiary/aromatic N) is 1. The second kappa shape index (κ2) is 20.5. The Balaban J connectivity index is 1.74. The van der Waals surface area contributed by atoms with Crippen LogP contribution >= 0.6 is 0 Å². The van der Waals surface area contributed by atoms with E-state index in [2.05, 4.69) is 42.2 Å². The lowest BCUT2D eigenvalue weighted by molar-refractivity contribution is -0.145. The Hall–Kier alpha value is -6.18. The molecule has 0 spiro atoms. The van der Waals surface area contributed by atoms with Crippen LogP contribution in [0, 0.1) is 5.92 Å². The van der Waals surface area contributed by atoms with E-state index in [1.54, 1.807) is 13.8 Å². The first kappa shape index (κ1) is 48.8. The number of nitrogens with two attached hydrogens (primary N) is 1. The van der Waals surface area contributed by atoms with Crippen molar-refractivity contribution >= 4 is 74.9 Å². The molecule has 0 unspecified atom stereocenters. The minimum Gasteiger partial charge on any atom is -0.508 e. The van der Waals surface area contributed by atoms with Crippen molar-refractivity contribution < 1.29 is 67.8 Å². The zero-order chi connectivity index (χ0) is 47.2. The van der Waals surface area contributed by atoms with E-state index in [4.69, 9.17) is 5.73 Å². The van der Waals surface area contributed by atoms with Gasteiger partial charge in [-0.25, -0.2) is 0 Å². The van der Waals surface area contributed by atoms with E-state index in [-0.39, 0.29) is 27.2 Å². The molecule has 3 aliphatic rings. The van der Waals surface area contributed by atoms with Crippen LogP contribution in [0.25, 0.3) is 10.9 Å². The number of benzene rings is 1. The summed E-state index contributed by atoms with van der Waals surface area (Å²) >= 11 is 0. The fourth-order valence-corrected chi connectivity index (χ4v) is 9.13. The SMILES string of the molecule is CC[C@H](C)[C@@H]1NC(=O)CNC(=O)[C@H]2Cc3c([nH]c4cc(O)ccc34)[S@](=O)C[C@@H](NC(=O)CNC1=O)C(=O)N[C@H](CC(N)=O)C(=O)N1C[C@H](O)C[C@@H]1C(=O)N[C@@H]([C@@](C)(O)CCO)C(=O)N2. The molecule has 2 bridgehead atoms. The Morgan fingerprint density at radius 3 is 2.25 bits per heavy atom. The van der Waals surface area contributed by atoms with Crippen LogP contribution in [0.1, 0.15) is 52.0 Å². The number of rotatable bonds is 7. The lowest BCUT2D eigenvalue weighted by Gasteiger charge is -2.35. The zero-order valence-corrected chi connectivity index (χ0v) is 36.0. The largest absolute Gasteiger partial charge is 0.508 e. The van der Waals surface area contributed by atoms with Gasteiger partial charge in [-0.15, -0.1) is 0 Å². The maximum Gasteiger partial charge on any atom is 0.246 e. The molecule has 0 radical (unpaired) electrons. The predicted octanol–water partition coefficient (Wildman–Crippen LogP) is -5.78. The summed E-state index contributed by atoms with van der Waals surface area (Å²) in [5.74, 6) is -11.0. The first-order chi connectivity index (χ1) is 30.1. The van der Waals surface area contributed by atoms with Crippen molar-refractivity contribution in [3.05, 3.63) is 23.8 Å². The summed E-state index contributed by atoms with van der Waals surface area (Å²) in [5.41, 5.74) is 3.43. The van der Waals surface area contributed by atoms with Crippen molar-refractivity contribution in [3.63, 3.8) is 0 Å². The molecule has 2 aromatic rings. The van der Waals surface area contributed by atoms with Crippen molar-refractivity contribution in [1.29, 1.82) is 0 Å². The quantitative estimate of drug-likeness (QED) is 0.123. The highest BCUT2D eigenvalue weighted by Gasteiger charge is 2.46. The normalized spacial score (nSPS) is 28.5. The van der Waals surface area contributed by atoms with Gasteiger partial charge in [-0.2, -0.15) is 0 Å². The van der Waals surface area contributed by atoms with Crippen LogP contribution in [-0.2, 0) is 60.4 Å². The van der Waals surface area contributed by atoms with Gasteiger partial charge in [-0.1, -0.05) is 20.3 Å². The number of aliphatic hydroxyl groups excluding tert-OH is 2. The number of aliphatic hydroxyl groups is 3. The minimum atomic E-state index is -2.39. The van der Waals surface area contributed by atoms with Gasteiger partial charge in [0.2, 0.25) is 53.2 Å². The smallest absolute Gasteiger partial charge is 0.246 e. The van der Waals surface area contributed by atoms with Crippen LogP contribution in [0.15, 0.2) is 23.2 Å². The fourth-order valence-electron chi connectivity index (χ4n) is 7.73. The molecule has 1 aromatic carbocycles. The number of hydrogen-bond donors (Lipinski definition) is 13. The number of hydrogen-bond acceptors (Lipinski definition) is 14. The number of carbonyl (C=O) groups is 9. The number of H-pyrrole nitrogens is 1. The number of carbonyl (C=O) groups excluding carboxylic acids is 9. The molecule has 14 N–H and O–H groups in total. The topological polar surface area (TPSA) is 381 Å². The van der Waals surface area contributed by atoms with Gasteiger partial charge in [-0.3, -0.25) is 47.4 Å². The average Bonchev–Trinajstić information content (AvgIpc) is 3.80. The molecule has 0 saturated carbocycles. The molecule has 3 aliphatic heterocycles. The van der Waals surface area contributed by atoms with Gasteiger partial charge >= 0.3 is 0 Å². The van der Waals surface area contributed by atoms with Crippen LogP contribution in [0.5, 0.6) is 5.75 Å². The number of amides is 9. The van der Waals surface area contributed by atoms with Crippen LogP contribution < -0.4 is 43.0 Å². The number of phenolic OH excluding ortho intramolecular Hbond substituents is 1. The van der Waals surface area contributed by atoms with Gasteiger partial charge in [0, 0.05) is 43.9 Å². The molecule has 24 nitrogen and oxygen atoms in total. The maximum atomic E-state index is 14.6. The number of aromatic hydroxyl groups is 1. The summed E-state index contributed by atoms with van der Waals surface area (Å²) in [5, 5.41) is 59.4. The molecule has 1 aromatic heterocycles. The summed E-state index contributed by atoms with van der Waals surface area (Å²) in [6.07, 6.45) is -3.37. The van der Waals surface area contributed by atoms with Gasteiger partial charge in [-0.05, 0) is 30.5 Å². The van der Waals surface area contributed by atoms with E-state index in [1.165, 1.54) is 18.2 Å². The molecular formula is C39H54N10O14S. The lowest BCUT2D eigenvalue weighted by atomic mass is 9.91. The maximum absolute atomic E-state index is 14.6. The second-order valence-corrected chi connectivity index (χ2v) is 17.8. The Morgan fingerprint density at radius 1 is 0.922 bits per heavy atom. The molecule has 1 fully saturated rings. The Bertz CT molecular complexity index is 2220. The summed E-state index contributed by atoms with van der Waals surface area (Å²) < 4.78 is 14.6. The van der Waals surface area contributed by atoms with Gasteiger partial charge in [0.15, 0.2) is 0 Å². The van der Waals surface area contributed by atoms with Crippen LogP contribution in [0.3, 0.4) is 0 Å². The van der Waals surface area contributed by atoms with Crippen molar-refractivity contribution in [2.24, 2.45) is 11.7 Å². The van der Waals surface area contributed by atoms with Crippen LogP contribution in [-0.4, -0.2) is 168 Å². The zero-order valence-electron chi connectivity index (χ0n) is 35.2. The third kappa shape index (κ3) is 11.5. The highest BCUT2D eigenvalue weighted by Crippen LogP contribution is 2.30. The van der Waals surface area contributed by atoms with E-state index in [9.17, 15) is 67.8 Å². The first-order valence-corrected chi connectivity index (χ1v) is 21.8. The fraction of sp³-hybridized carbons (Fsp3) is 0.564. The van der Waals surface area contributed by atoms with Crippen molar-refractivity contribution in [3.8, 4) is 5.75 Å². The average molecular weight is 919 g/mol. The van der Waals surface area contributed by atoms with Crippen LogP contribution in [0.2, 0.25) is 0 Å². The molecule has 0 aliphatic carbocycles. The number of aromatic nitrogens is 1. The van der Waals surface area contributed by atoms with E-state index < -0.39 is 176 Å². The van der Waals surface area contributed by atoms with Gasteiger partial charge < -0.3 is 73.3 Å². The van der Waals surface area contributed by atoms with Gasteiger partial charge in [0.05, 0.1) is 53.3 Å². The molecule has 25 heteroatoms. The molecule has 64 heavy (non-hydrogen) atoms. The number of nitrogens with one attached hydrogen (secondary N) is 8. The standard InChI is InChI=1S/C39H54N10O14S/c1-4-17(2)30-35(59)42-13-28(54)43-25-16-64(63)37-21(20-6-5-18(51)9-22(20)46-37)11-23(32(56)41-14-29(55)47-30)44-36(60)31(39(3,62)7-8-50)48-34(58)26-10-19(52)15-49(26)38(61)24(12-27(40)53)45-33(25)57/h5-6,9,17,19,23-26,30-31,46,50-52,62H,4,7-8,10-16H2,1-3H3,(H2,40,53)(H,41,56)(H,42,59)(H,43,54)(H,44,60)(H,45,57)(H,47,55)(H,48,58)/t17-,19+,23+,24+,25+,26+,30-,31+,39-,64+/m0/s1. The summed E-state index contributed by atoms with van der Waals surface area (Å²) in [6.45, 7) is 1.71. The molecule has 9 amide bonds. The molecular weight excluding hydrogens is 865 g/mol. The third-order valence-electron chi connectivity index (χ3n) is 11.4. The van der Waals surface area contributed by atoms with Crippen molar-refractivity contribution in [2.45, 2.75) is 106 Å². The molecule has 350 valence electrons. The van der Waals surface area contributed by atoms with Crippen LogP contribution in [0.4, 0.5) is 0 Å². The highest BCUT2D eigenvalue weighted by molar-refractivity contribution is 7.85. The Morgan fingerprint density at radius 2 is 1.59 bits per heavy atom. The first-order valence-electron chi connectivity index (χ1n) is 20.5. The molecule has 4 heterocycles. The molecule has 10 atom stereocenters. The number of phenols is 1. The summed E-state index contributed by atoms with van der Waals surface area (Å²) in [7, 11) is -2.39. The molecule has 1 saturated heterocycles. The number of fused-ring (bicyclic) bond motifs is 5. The number of primary amides is 1. The van der Waals surface area contributed by atoms with E-state index in [1.807, 2.05) is 0 Å². The van der Waals surface area contributed by atoms with Crippen molar-refractivity contribution in [1.82, 2.24) is 47.1 Å². The van der Waals surface area contributed by atoms with Gasteiger partial charge in [0.1, 0.15) is 47.0 Å². The Kier molecular flexibility index (Phi) is 15.7. The number of aromatic amines is 1. The summed E-state index contributed by atoms with van der Waals surface area (Å²) in [4.78, 5) is 127. The summed E-state index contributed by atoms with van der Waals surface area (Å²) in [6, 6.07) is -6.33. The van der Waals surface area contributed by atoms with E-state index in [0.29, 0.717) is 6.42 Å². The Labute approximate surface area is 368 Å². The third-order valence-corrected chi connectivity index (χ3v) is 12.9. The second-order valence-electron chi connectivity index (χ2n) is 16.3. The monoisotopic (exact) mass is 918 g/mol. The predicted molar refractivity (Wildman–Crippen MR) is 222 cm³/mol.